The van der Waals surface area contributed by atoms with Gasteiger partial charge in [0, 0.05) is 23.7 Å². The van der Waals surface area contributed by atoms with Gasteiger partial charge >= 0.3 is 0 Å². The Hall–Kier alpha value is -2.08. The van der Waals surface area contributed by atoms with Crippen LogP contribution >= 0.6 is 0 Å². The van der Waals surface area contributed by atoms with Crippen LogP contribution < -0.4 is 0 Å². The number of carbonyl (C=O) groups is 1. The Bertz CT molecular complexity index is 690. The zero-order chi connectivity index (χ0) is 15.0. The van der Waals surface area contributed by atoms with E-state index in [0.29, 0.717) is 24.1 Å². The maximum absolute atomic E-state index is 13.4. The van der Waals surface area contributed by atoms with E-state index in [2.05, 4.69) is 5.10 Å². The van der Waals surface area contributed by atoms with Gasteiger partial charge in [0.15, 0.2) is 5.78 Å². The van der Waals surface area contributed by atoms with Crippen LogP contribution in [0.1, 0.15) is 28.9 Å². The Morgan fingerprint density at radius 3 is 2.57 bits per heavy atom. The van der Waals surface area contributed by atoms with Crippen molar-refractivity contribution < 1.29 is 18.7 Å². The van der Waals surface area contributed by atoms with Crippen LogP contribution in [-0.4, -0.2) is 27.3 Å². The quantitative estimate of drug-likeness (QED) is 0.944. The number of nitrogens with zero attached hydrogens (tertiary/aromatic N) is 2. The molecular formula is C15H14F2N2O2. The predicted octanol–water partition coefficient (Wildman–Crippen LogP) is 2.34. The van der Waals surface area contributed by atoms with Crippen LogP contribution in [0.15, 0.2) is 18.2 Å². The zero-order valence-corrected chi connectivity index (χ0v) is 11.3. The third-order valence-electron chi connectivity index (χ3n) is 3.60. The number of aliphatic hydroxyl groups is 1. The number of hydrogen-bond donors (Lipinski definition) is 1. The number of aliphatic hydroxyl groups excluding tert-OH is 1. The van der Waals surface area contributed by atoms with Crippen LogP contribution in [0.3, 0.4) is 0 Å². The Labute approximate surface area is 120 Å². The number of carbonyl (C=O) groups excluding carboxylic acids is 1. The minimum atomic E-state index is -0.710. The maximum Gasteiger partial charge on any atom is 0.166 e. The van der Waals surface area contributed by atoms with Crippen molar-refractivity contribution in [2.75, 3.05) is 6.61 Å². The van der Waals surface area contributed by atoms with Crippen LogP contribution in [0.4, 0.5) is 8.78 Å². The lowest BCUT2D eigenvalue weighted by molar-refractivity contribution is 0.0972. The topological polar surface area (TPSA) is 55.1 Å². The molecule has 3 rings (SSSR count). The van der Waals surface area contributed by atoms with E-state index in [1.807, 2.05) is 0 Å². The van der Waals surface area contributed by atoms with Gasteiger partial charge in [0.1, 0.15) is 17.3 Å². The average Bonchev–Trinajstić information content (AvgIpc) is 2.79. The van der Waals surface area contributed by atoms with Crippen LogP contribution in [0.2, 0.25) is 0 Å². The van der Waals surface area contributed by atoms with Gasteiger partial charge in [-0.05, 0) is 25.0 Å². The first-order chi connectivity index (χ1) is 10.1. The van der Waals surface area contributed by atoms with Gasteiger partial charge in [-0.1, -0.05) is 0 Å². The predicted molar refractivity (Wildman–Crippen MR) is 71.9 cm³/mol. The molecule has 1 aromatic heterocycles. The van der Waals surface area contributed by atoms with Crippen LogP contribution in [0.5, 0.6) is 0 Å². The Morgan fingerprint density at radius 2 is 1.90 bits per heavy atom. The van der Waals surface area contributed by atoms with E-state index in [1.165, 1.54) is 0 Å². The second-order valence-electron chi connectivity index (χ2n) is 5.05. The van der Waals surface area contributed by atoms with Crippen molar-refractivity contribution >= 4 is 5.78 Å². The van der Waals surface area contributed by atoms with Crippen molar-refractivity contribution in [2.45, 2.75) is 25.8 Å². The highest BCUT2D eigenvalue weighted by molar-refractivity contribution is 6.03. The lowest BCUT2D eigenvalue weighted by Crippen LogP contribution is -2.15. The summed E-state index contributed by atoms with van der Waals surface area (Å²) in [6.45, 7) is 0.146. The standard InChI is InChI=1S/C15H14F2N2O2/c16-10-6-9(7-11(17)8-10)15-14-12(2-1-3-13(14)21)19(18-15)4-5-20/h6-8,20H,1-5H2. The van der Waals surface area contributed by atoms with Crippen LogP contribution in [0.25, 0.3) is 11.3 Å². The average molecular weight is 292 g/mol. The van der Waals surface area contributed by atoms with Crippen molar-refractivity contribution in [2.24, 2.45) is 0 Å². The second kappa shape index (κ2) is 5.37. The molecule has 0 unspecified atom stereocenters. The van der Waals surface area contributed by atoms with E-state index in [-0.39, 0.29) is 24.5 Å². The van der Waals surface area contributed by atoms with E-state index in [4.69, 9.17) is 5.11 Å². The molecule has 0 aliphatic heterocycles. The number of Topliss-reactive ketones (excluding diaryl/α,β-unsaturated/α-hetero) is 1. The number of benzene rings is 1. The van der Waals surface area contributed by atoms with Gasteiger partial charge in [0.05, 0.1) is 18.7 Å². The highest BCUT2D eigenvalue weighted by Gasteiger charge is 2.27. The van der Waals surface area contributed by atoms with Gasteiger partial charge in [0.25, 0.3) is 0 Å². The largest absolute Gasteiger partial charge is 0.394 e. The summed E-state index contributed by atoms with van der Waals surface area (Å²) in [7, 11) is 0. The van der Waals surface area contributed by atoms with Gasteiger partial charge in [-0.25, -0.2) is 8.78 Å². The van der Waals surface area contributed by atoms with Crippen molar-refractivity contribution in [3.05, 3.63) is 41.1 Å². The number of ketones is 1. The molecule has 1 aliphatic carbocycles. The Morgan fingerprint density at radius 1 is 1.19 bits per heavy atom. The van der Waals surface area contributed by atoms with E-state index < -0.39 is 11.6 Å². The number of aromatic nitrogens is 2. The monoisotopic (exact) mass is 292 g/mol. The fourth-order valence-corrected chi connectivity index (χ4v) is 2.76. The molecule has 110 valence electrons. The summed E-state index contributed by atoms with van der Waals surface area (Å²) in [5.74, 6) is -1.49. The summed E-state index contributed by atoms with van der Waals surface area (Å²) in [6.07, 6.45) is 1.80. The lowest BCUT2D eigenvalue weighted by atomic mass is 9.92. The first-order valence-corrected chi connectivity index (χ1v) is 6.80. The minimum Gasteiger partial charge on any atom is -0.394 e. The molecule has 0 atom stereocenters. The molecule has 0 spiro atoms. The molecule has 0 saturated carbocycles. The molecule has 0 radical (unpaired) electrons. The van der Waals surface area contributed by atoms with E-state index in [0.717, 1.165) is 30.3 Å². The first-order valence-electron chi connectivity index (χ1n) is 6.80. The normalized spacial score (nSPS) is 14.3. The van der Waals surface area contributed by atoms with Crippen molar-refractivity contribution in [1.29, 1.82) is 0 Å². The molecule has 1 heterocycles. The molecule has 0 amide bonds. The molecule has 1 aliphatic rings. The van der Waals surface area contributed by atoms with Gasteiger partial charge in [-0.2, -0.15) is 5.10 Å². The van der Waals surface area contributed by atoms with Gasteiger partial charge in [-0.15, -0.1) is 0 Å². The third kappa shape index (κ3) is 2.47. The summed E-state index contributed by atoms with van der Waals surface area (Å²) in [5, 5.41) is 13.4. The number of halogens is 2. The second-order valence-corrected chi connectivity index (χ2v) is 5.05. The highest BCUT2D eigenvalue weighted by Crippen LogP contribution is 2.32. The number of hydrogen-bond acceptors (Lipinski definition) is 3. The summed E-state index contributed by atoms with van der Waals surface area (Å²) in [4.78, 5) is 12.2. The SMILES string of the molecule is O=C1CCCc2c1c(-c1cc(F)cc(F)c1)nn2CCO. The zero-order valence-electron chi connectivity index (χ0n) is 11.3. The molecule has 0 saturated heterocycles. The smallest absolute Gasteiger partial charge is 0.166 e. The summed E-state index contributed by atoms with van der Waals surface area (Å²) in [6, 6.07) is 3.11. The van der Waals surface area contributed by atoms with Gasteiger partial charge < -0.3 is 5.11 Å². The molecule has 1 N–H and O–H groups in total. The van der Waals surface area contributed by atoms with Crippen LogP contribution in [-0.2, 0) is 13.0 Å². The summed E-state index contributed by atoms with van der Waals surface area (Å²) < 4.78 is 28.4. The van der Waals surface area contributed by atoms with E-state index in [9.17, 15) is 13.6 Å². The van der Waals surface area contributed by atoms with Crippen molar-refractivity contribution in [1.82, 2.24) is 9.78 Å². The van der Waals surface area contributed by atoms with Crippen molar-refractivity contribution in [3.8, 4) is 11.3 Å². The van der Waals surface area contributed by atoms with Gasteiger partial charge in [0.2, 0.25) is 0 Å². The third-order valence-corrected chi connectivity index (χ3v) is 3.60. The first kappa shape index (κ1) is 13.9. The fourth-order valence-electron chi connectivity index (χ4n) is 2.76. The molecule has 1 aromatic carbocycles. The molecule has 0 fully saturated rings. The molecule has 4 nitrogen and oxygen atoms in total. The van der Waals surface area contributed by atoms with Crippen LogP contribution in [0, 0.1) is 11.6 Å². The summed E-state index contributed by atoms with van der Waals surface area (Å²) >= 11 is 0. The van der Waals surface area contributed by atoms with E-state index >= 15 is 0 Å². The minimum absolute atomic E-state index is 0.0693. The fraction of sp³-hybridized carbons (Fsp3) is 0.333. The molecule has 6 heteroatoms. The molecular weight excluding hydrogens is 278 g/mol. The molecule has 21 heavy (non-hydrogen) atoms. The molecule has 2 aromatic rings. The maximum atomic E-state index is 13.4. The number of rotatable bonds is 3. The molecule has 0 bridgehead atoms. The number of fused-ring (bicyclic) bond motifs is 1. The van der Waals surface area contributed by atoms with Gasteiger partial charge in [-0.3, -0.25) is 9.48 Å². The Kier molecular flexibility index (Phi) is 3.55. The van der Waals surface area contributed by atoms with Crippen molar-refractivity contribution in [3.63, 3.8) is 0 Å². The lowest BCUT2D eigenvalue weighted by Gasteiger charge is -2.13. The Balaban J connectivity index is 2.20. The summed E-state index contributed by atoms with van der Waals surface area (Å²) in [5.41, 5.74) is 1.71. The van der Waals surface area contributed by atoms with E-state index in [1.54, 1.807) is 4.68 Å². The highest BCUT2D eigenvalue weighted by atomic mass is 19.1.